The van der Waals surface area contributed by atoms with Gasteiger partial charge in [-0.1, -0.05) is 12.1 Å². The number of nitrogens with zero attached hydrogens (tertiary/aromatic N) is 6. The molecule has 0 bridgehead atoms. The van der Waals surface area contributed by atoms with Gasteiger partial charge in [-0.15, -0.1) is 6.58 Å². The van der Waals surface area contributed by atoms with Gasteiger partial charge in [0, 0.05) is 43.8 Å². The molecule has 1 aliphatic carbocycles. The van der Waals surface area contributed by atoms with Crippen molar-refractivity contribution in [2.45, 2.75) is 38.3 Å². The van der Waals surface area contributed by atoms with Crippen LogP contribution in [0.1, 0.15) is 30.9 Å². The Morgan fingerprint density at radius 2 is 1.85 bits per heavy atom. The minimum Gasteiger partial charge on any atom is -0.385 e. The number of anilines is 3. The first-order valence-corrected chi connectivity index (χ1v) is 13.6. The highest BCUT2D eigenvalue weighted by molar-refractivity contribution is 5.77. The quantitative estimate of drug-likeness (QED) is 0.370. The predicted octanol–water partition coefficient (Wildman–Crippen LogP) is 3.81. The summed E-state index contributed by atoms with van der Waals surface area (Å²) in [6.07, 6.45) is 5.86. The van der Waals surface area contributed by atoms with Crippen LogP contribution in [0.15, 0.2) is 66.1 Å². The second-order valence-corrected chi connectivity index (χ2v) is 10.8. The number of aliphatic hydroxyl groups is 1. The minimum atomic E-state index is -0.909. The van der Waals surface area contributed by atoms with Gasteiger partial charge in [-0.05, 0) is 80.8 Å². The van der Waals surface area contributed by atoms with Crippen LogP contribution in [0, 0.1) is 0 Å². The van der Waals surface area contributed by atoms with E-state index in [2.05, 4.69) is 51.9 Å². The van der Waals surface area contributed by atoms with E-state index >= 15 is 0 Å². The van der Waals surface area contributed by atoms with Gasteiger partial charge < -0.3 is 20.2 Å². The number of likely N-dealkylation sites (N-methyl/N-ethyl adjacent to an activating group) is 1. The number of rotatable bonds is 6. The fraction of sp³-hybridized carbons (Fsp3) is 0.367. The maximum absolute atomic E-state index is 13.3. The third-order valence-electron chi connectivity index (χ3n) is 8.00. The van der Waals surface area contributed by atoms with Gasteiger partial charge in [-0.25, -0.2) is 14.3 Å². The maximum Gasteiger partial charge on any atom is 0.278 e. The van der Waals surface area contributed by atoms with Gasteiger partial charge in [0.05, 0.1) is 17.8 Å². The Morgan fingerprint density at radius 3 is 2.59 bits per heavy atom. The highest BCUT2D eigenvalue weighted by atomic mass is 16.3. The second-order valence-electron chi connectivity index (χ2n) is 10.8. The number of aromatic nitrogens is 4. The Morgan fingerprint density at radius 1 is 1.10 bits per heavy atom. The molecule has 2 N–H and O–H groups in total. The molecule has 4 aromatic rings. The average molecular weight is 526 g/mol. The lowest BCUT2D eigenvalue weighted by Gasteiger charge is -2.34. The monoisotopic (exact) mass is 525 g/mol. The van der Waals surface area contributed by atoms with Crippen molar-refractivity contribution in [2.75, 3.05) is 43.4 Å². The van der Waals surface area contributed by atoms with E-state index in [4.69, 9.17) is 4.98 Å². The number of fused-ring (bicyclic) bond motifs is 2. The first-order chi connectivity index (χ1) is 18.8. The van der Waals surface area contributed by atoms with Gasteiger partial charge in [-0.2, -0.15) is 4.98 Å². The van der Waals surface area contributed by atoms with Gasteiger partial charge in [0.15, 0.2) is 5.65 Å². The van der Waals surface area contributed by atoms with Crippen LogP contribution in [0.4, 0.5) is 17.3 Å². The highest BCUT2D eigenvalue weighted by Gasteiger charge is 2.30. The number of allylic oxidation sites excluding steroid dienone is 1. The zero-order chi connectivity index (χ0) is 27.1. The molecular formula is C30H35N7O2. The predicted molar refractivity (Wildman–Crippen MR) is 155 cm³/mol. The van der Waals surface area contributed by atoms with Crippen LogP contribution in [-0.2, 0) is 18.6 Å². The molecule has 0 radical (unpaired) electrons. The number of hydrogen-bond donors (Lipinski definition) is 2. The minimum absolute atomic E-state index is 0.183. The van der Waals surface area contributed by atoms with E-state index in [0.29, 0.717) is 29.9 Å². The lowest BCUT2D eigenvalue weighted by Crippen LogP contribution is -2.44. The van der Waals surface area contributed by atoms with E-state index < -0.39 is 5.60 Å². The maximum atomic E-state index is 13.3. The van der Waals surface area contributed by atoms with Gasteiger partial charge in [0.2, 0.25) is 5.95 Å². The molecule has 1 fully saturated rings. The molecule has 0 unspecified atom stereocenters. The molecule has 39 heavy (non-hydrogen) atoms. The molecular weight excluding hydrogens is 490 g/mol. The van der Waals surface area contributed by atoms with Gasteiger partial charge in [0.1, 0.15) is 5.39 Å². The summed E-state index contributed by atoms with van der Waals surface area (Å²) in [6, 6.07) is 14.3. The zero-order valence-electron chi connectivity index (χ0n) is 22.6. The Bertz CT molecular complexity index is 1580. The van der Waals surface area contributed by atoms with Crippen LogP contribution in [0.3, 0.4) is 0 Å². The summed E-state index contributed by atoms with van der Waals surface area (Å²) >= 11 is 0. The van der Waals surface area contributed by atoms with Crippen molar-refractivity contribution in [3.63, 3.8) is 0 Å². The molecule has 9 heteroatoms. The van der Waals surface area contributed by atoms with E-state index in [1.54, 1.807) is 17.0 Å². The highest BCUT2D eigenvalue weighted by Crippen LogP contribution is 2.36. The van der Waals surface area contributed by atoms with Crippen LogP contribution in [0.25, 0.3) is 16.7 Å². The van der Waals surface area contributed by atoms with Crippen molar-refractivity contribution in [1.29, 1.82) is 0 Å². The lowest BCUT2D eigenvalue weighted by molar-refractivity contribution is 0.0387. The third kappa shape index (κ3) is 4.72. The van der Waals surface area contributed by atoms with Gasteiger partial charge in [0.25, 0.3) is 5.56 Å². The summed E-state index contributed by atoms with van der Waals surface area (Å²) in [5.41, 5.74) is 4.29. The zero-order valence-corrected chi connectivity index (χ0v) is 22.6. The average Bonchev–Trinajstić information content (AvgIpc) is 3.20. The van der Waals surface area contributed by atoms with E-state index in [-0.39, 0.29) is 5.56 Å². The molecule has 1 aliphatic heterocycles. The van der Waals surface area contributed by atoms with Crippen LogP contribution < -0.4 is 15.8 Å². The third-order valence-corrected chi connectivity index (χ3v) is 8.00. The molecule has 0 amide bonds. The van der Waals surface area contributed by atoms with Crippen LogP contribution in [-0.4, -0.2) is 62.6 Å². The fourth-order valence-electron chi connectivity index (χ4n) is 5.76. The van der Waals surface area contributed by atoms with Crippen LogP contribution in [0.5, 0.6) is 0 Å². The van der Waals surface area contributed by atoms with Crippen molar-refractivity contribution >= 4 is 28.4 Å². The largest absolute Gasteiger partial charge is 0.385 e. The molecule has 2 aromatic heterocycles. The van der Waals surface area contributed by atoms with E-state index in [1.807, 2.05) is 35.9 Å². The molecule has 3 heterocycles. The van der Waals surface area contributed by atoms with Gasteiger partial charge in [-0.3, -0.25) is 4.79 Å². The summed E-state index contributed by atoms with van der Waals surface area (Å²) in [6.45, 7) is 10.2. The standard InChI is InChI=1S/C30H35N7O2/c1-4-14-36-28(38)25-20-31-29(32-22-8-11-23(12-9-22)35-17-15-34(3)16-18-35)33-27(25)37(36)24-10-7-21-6-5-13-30(2,39)26(21)19-24/h4,7-12,19-20,39H,1,5-6,13-18H2,2-3H3,(H,31,32,33)/t30-/m0/s1. The molecule has 1 atom stereocenters. The molecule has 202 valence electrons. The Balaban J connectivity index is 1.36. The number of nitrogens with one attached hydrogen (secondary N) is 1. The summed E-state index contributed by atoms with van der Waals surface area (Å²) < 4.78 is 3.42. The van der Waals surface area contributed by atoms with E-state index in [9.17, 15) is 9.90 Å². The van der Waals surface area contributed by atoms with Crippen molar-refractivity contribution in [2.24, 2.45) is 0 Å². The normalized spacial score (nSPS) is 19.7. The van der Waals surface area contributed by atoms with Crippen LogP contribution >= 0.6 is 0 Å². The number of hydrogen-bond acceptors (Lipinski definition) is 7. The first kappa shape index (κ1) is 25.3. The number of benzene rings is 2. The van der Waals surface area contributed by atoms with E-state index in [0.717, 1.165) is 61.5 Å². The molecule has 0 saturated carbocycles. The molecule has 6 rings (SSSR count). The molecule has 9 nitrogen and oxygen atoms in total. The smallest absolute Gasteiger partial charge is 0.278 e. The number of piperazine rings is 1. The van der Waals surface area contributed by atoms with Crippen LogP contribution in [0.2, 0.25) is 0 Å². The molecule has 1 saturated heterocycles. The van der Waals surface area contributed by atoms with Crippen molar-refractivity contribution < 1.29 is 5.11 Å². The molecule has 0 spiro atoms. The summed E-state index contributed by atoms with van der Waals surface area (Å²) in [7, 11) is 2.15. The molecule has 2 aromatic carbocycles. The van der Waals surface area contributed by atoms with Gasteiger partial charge >= 0.3 is 0 Å². The Labute approximate surface area is 228 Å². The summed E-state index contributed by atoms with van der Waals surface area (Å²) in [5, 5.41) is 14.8. The molecule has 2 aliphatic rings. The lowest BCUT2D eigenvalue weighted by atomic mass is 9.80. The van der Waals surface area contributed by atoms with Crippen molar-refractivity contribution in [3.05, 3.63) is 82.8 Å². The SMILES string of the molecule is C=CCn1c(=O)c2cnc(Nc3ccc(N4CCN(C)CC4)cc3)nc2n1-c1ccc2c(c1)[C@@](C)(O)CCC2. The fourth-order valence-corrected chi connectivity index (χ4v) is 5.76. The number of aryl methyl sites for hydroxylation is 1. The summed E-state index contributed by atoms with van der Waals surface area (Å²) in [4.78, 5) is 27.3. The Hall–Kier alpha value is -3.95. The van der Waals surface area contributed by atoms with Crippen molar-refractivity contribution in [1.82, 2.24) is 24.2 Å². The topological polar surface area (TPSA) is 91.5 Å². The summed E-state index contributed by atoms with van der Waals surface area (Å²) in [5.74, 6) is 0.407. The second kappa shape index (κ2) is 9.98. The van der Waals surface area contributed by atoms with E-state index in [1.165, 1.54) is 5.69 Å². The first-order valence-electron chi connectivity index (χ1n) is 13.6. The van der Waals surface area contributed by atoms with Crippen molar-refractivity contribution in [3.8, 4) is 5.69 Å². The Kier molecular flexibility index (Phi) is 6.48.